The van der Waals surface area contributed by atoms with E-state index >= 15 is 0 Å². The summed E-state index contributed by atoms with van der Waals surface area (Å²) >= 11 is 0. The SMILES string of the molecule is CC(C)(C)OC(=O)N1CCN(c2ccc(Nc3ncc4cccc(-c5cccc(F)c5)c4n3)cc2)CC1. The van der Waals surface area contributed by atoms with Crippen molar-refractivity contribution in [1.29, 1.82) is 0 Å². The molecule has 0 atom stereocenters. The van der Waals surface area contributed by atoms with E-state index in [-0.39, 0.29) is 11.9 Å². The first-order valence-electron chi connectivity index (χ1n) is 12.4. The first-order chi connectivity index (χ1) is 17.7. The van der Waals surface area contributed by atoms with Crippen LogP contribution in [0.2, 0.25) is 0 Å². The van der Waals surface area contributed by atoms with Crippen molar-refractivity contribution in [3.05, 3.63) is 78.7 Å². The maximum absolute atomic E-state index is 13.8. The average molecular weight is 500 g/mol. The second kappa shape index (κ2) is 10.0. The van der Waals surface area contributed by atoms with Gasteiger partial charge in [0.25, 0.3) is 0 Å². The molecule has 1 fully saturated rings. The van der Waals surface area contributed by atoms with Crippen molar-refractivity contribution in [2.75, 3.05) is 36.4 Å². The summed E-state index contributed by atoms with van der Waals surface area (Å²) in [6.07, 6.45) is 1.51. The number of anilines is 3. The molecule has 1 aliphatic rings. The quantitative estimate of drug-likeness (QED) is 0.359. The fourth-order valence-electron chi connectivity index (χ4n) is 4.36. The van der Waals surface area contributed by atoms with Gasteiger partial charge < -0.3 is 19.9 Å². The van der Waals surface area contributed by atoms with E-state index < -0.39 is 5.60 Å². The number of aromatic nitrogens is 2. The summed E-state index contributed by atoms with van der Waals surface area (Å²) < 4.78 is 19.3. The highest BCUT2D eigenvalue weighted by Crippen LogP contribution is 2.29. The Hall–Kier alpha value is -4.20. The van der Waals surface area contributed by atoms with Gasteiger partial charge in [-0.25, -0.2) is 19.2 Å². The maximum atomic E-state index is 13.8. The number of carbonyl (C=O) groups excluding carboxylic acids is 1. The van der Waals surface area contributed by atoms with Crippen LogP contribution in [0.3, 0.4) is 0 Å². The fraction of sp³-hybridized carbons (Fsp3) is 0.276. The predicted molar refractivity (Wildman–Crippen MR) is 145 cm³/mol. The number of amides is 1. The van der Waals surface area contributed by atoms with Crippen LogP contribution >= 0.6 is 0 Å². The summed E-state index contributed by atoms with van der Waals surface area (Å²) in [5.74, 6) is 0.184. The Morgan fingerprint density at radius 2 is 1.70 bits per heavy atom. The summed E-state index contributed by atoms with van der Waals surface area (Å²) in [5, 5.41) is 4.16. The van der Waals surface area contributed by atoms with E-state index in [1.807, 2.05) is 69.3 Å². The molecule has 190 valence electrons. The molecule has 1 N–H and O–H groups in total. The molecule has 0 unspecified atom stereocenters. The second-order valence-electron chi connectivity index (χ2n) is 10.1. The number of hydrogen-bond donors (Lipinski definition) is 1. The molecule has 1 aromatic heterocycles. The molecule has 2 heterocycles. The van der Waals surface area contributed by atoms with Crippen molar-refractivity contribution in [1.82, 2.24) is 14.9 Å². The van der Waals surface area contributed by atoms with Crippen LogP contribution in [0.4, 0.5) is 26.5 Å². The van der Waals surface area contributed by atoms with E-state index in [0.717, 1.165) is 46.5 Å². The van der Waals surface area contributed by atoms with Gasteiger partial charge in [0.15, 0.2) is 0 Å². The number of carbonyl (C=O) groups is 1. The van der Waals surface area contributed by atoms with Gasteiger partial charge in [-0.2, -0.15) is 0 Å². The minimum atomic E-state index is -0.493. The molecule has 37 heavy (non-hydrogen) atoms. The van der Waals surface area contributed by atoms with Crippen molar-refractivity contribution in [3.8, 4) is 11.1 Å². The Labute approximate surface area is 215 Å². The van der Waals surface area contributed by atoms with E-state index in [2.05, 4.69) is 15.2 Å². The van der Waals surface area contributed by atoms with Gasteiger partial charge in [0.2, 0.25) is 5.95 Å². The van der Waals surface area contributed by atoms with E-state index in [0.29, 0.717) is 19.0 Å². The third-order valence-electron chi connectivity index (χ3n) is 6.17. The largest absolute Gasteiger partial charge is 0.444 e. The lowest BCUT2D eigenvalue weighted by Crippen LogP contribution is -2.50. The van der Waals surface area contributed by atoms with Gasteiger partial charge >= 0.3 is 6.09 Å². The Kier molecular flexibility index (Phi) is 6.65. The van der Waals surface area contributed by atoms with Gasteiger partial charge in [-0.05, 0) is 62.7 Å². The Morgan fingerprint density at radius 1 is 0.973 bits per heavy atom. The molecule has 0 radical (unpaired) electrons. The van der Waals surface area contributed by atoms with Crippen LogP contribution < -0.4 is 10.2 Å². The van der Waals surface area contributed by atoms with Crippen LogP contribution in [-0.4, -0.2) is 52.7 Å². The lowest BCUT2D eigenvalue weighted by Gasteiger charge is -2.36. The second-order valence-corrected chi connectivity index (χ2v) is 10.1. The molecule has 1 aliphatic heterocycles. The lowest BCUT2D eigenvalue weighted by molar-refractivity contribution is 0.0240. The van der Waals surface area contributed by atoms with E-state index in [1.54, 1.807) is 17.2 Å². The molecule has 0 spiro atoms. The predicted octanol–water partition coefficient (Wildman–Crippen LogP) is 6.24. The topological polar surface area (TPSA) is 70.6 Å². The van der Waals surface area contributed by atoms with Crippen LogP contribution in [0.15, 0.2) is 72.9 Å². The number of nitrogens with zero attached hydrogens (tertiary/aromatic N) is 4. The fourth-order valence-corrected chi connectivity index (χ4v) is 4.36. The zero-order valence-electron chi connectivity index (χ0n) is 21.2. The minimum absolute atomic E-state index is 0.261. The van der Waals surface area contributed by atoms with Gasteiger partial charge in [-0.15, -0.1) is 0 Å². The summed E-state index contributed by atoms with van der Waals surface area (Å²) in [6, 6.07) is 20.4. The summed E-state index contributed by atoms with van der Waals surface area (Å²) in [5.41, 5.74) is 3.83. The highest BCUT2D eigenvalue weighted by molar-refractivity contribution is 5.93. The molecule has 0 saturated carbocycles. The molecule has 0 bridgehead atoms. The van der Waals surface area contributed by atoms with Crippen LogP contribution in [0.1, 0.15) is 20.8 Å². The maximum Gasteiger partial charge on any atom is 0.410 e. The number of rotatable bonds is 4. The van der Waals surface area contributed by atoms with E-state index in [4.69, 9.17) is 9.72 Å². The Balaban J connectivity index is 1.27. The third-order valence-corrected chi connectivity index (χ3v) is 6.17. The highest BCUT2D eigenvalue weighted by Gasteiger charge is 2.26. The molecule has 0 aliphatic carbocycles. The average Bonchev–Trinajstić information content (AvgIpc) is 2.88. The van der Waals surface area contributed by atoms with Crippen LogP contribution in [0.25, 0.3) is 22.0 Å². The van der Waals surface area contributed by atoms with Gasteiger partial charge in [-0.3, -0.25) is 0 Å². The Morgan fingerprint density at radius 3 is 2.41 bits per heavy atom. The first-order valence-corrected chi connectivity index (χ1v) is 12.4. The van der Waals surface area contributed by atoms with Gasteiger partial charge in [0.1, 0.15) is 11.4 Å². The van der Waals surface area contributed by atoms with Crippen molar-refractivity contribution in [2.24, 2.45) is 0 Å². The number of ether oxygens (including phenoxy) is 1. The van der Waals surface area contributed by atoms with Crippen molar-refractivity contribution in [2.45, 2.75) is 26.4 Å². The number of hydrogen-bond acceptors (Lipinski definition) is 6. The molecular weight excluding hydrogens is 469 g/mol. The van der Waals surface area contributed by atoms with Gasteiger partial charge in [0, 0.05) is 54.7 Å². The number of benzene rings is 3. The molecular formula is C29H30FN5O2. The molecule has 7 nitrogen and oxygen atoms in total. The smallest absolute Gasteiger partial charge is 0.410 e. The van der Waals surface area contributed by atoms with Crippen molar-refractivity contribution >= 4 is 34.3 Å². The van der Waals surface area contributed by atoms with Crippen LogP contribution in [0, 0.1) is 5.82 Å². The zero-order chi connectivity index (χ0) is 26.0. The molecule has 1 saturated heterocycles. The lowest BCUT2D eigenvalue weighted by atomic mass is 10.0. The third kappa shape index (κ3) is 5.80. The van der Waals surface area contributed by atoms with Crippen molar-refractivity contribution < 1.29 is 13.9 Å². The molecule has 3 aromatic carbocycles. The number of piperazine rings is 1. The monoisotopic (exact) mass is 499 g/mol. The van der Waals surface area contributed by atoms with E-state index in [1.165, 1.54) is 12.1 Å². The number of para-hydroxylation sites is 1. The summed E-state index contributed by atoms with van der Waals surface area (Å²) in [7, 11) is 0. The van der Waals surface area contributed by atoms with Gasteiger partial charge in [0.05, 0.1) is 5.52 Å². The summed E-state index contributed by atoms with van der Waals surface area (Å²) in [4.78, 5) is 25.5. The first kappa shape index (κ1) is 24.5. The normalized spacial score (nSPS) is 14.1. The standard InChI is InChI=1S/C29H30FN5O2/c1-29(2,3)37-28(36)35-16-14-34(15-17-35)24-12-10-23(11-13-24)32-27-31-19-21-7-5-9-25(26(21)33-27)20-6-4-8-22(30)18-20/h4-13,18-19H,14-17H2,1-3H3,(H,31,32,33). The number of fused-ring (bicyclic) bond motifs is 1. The van der Waals surface area contributed by atoms with Crippen LogP contribution in [0.5, 0.6) is 0 Å². The summed E-state index contributed by atoms with van der Waals surface area (Å²) in [6.45, 7) is 8.35. The van der Waals surface area contributed by atoms with Gasteiger partial charge in [-0.1, -0.05) is 30.3 Å². The van der Waals surface area contributed by atoms with Crippen LogP contribution in [-0.2, 0) is 4.74 Å². The molecule has 5 rings (SSSR count). The molecule has 1 amide bonds. The van der Waals surface area contributed by atoms with Crippen molar-refractivity contribution in [3.63, 3.8) is 0 Å². The Bertz CT molecular complexity index is 1410. The molecule has 4 aromatic rings. The molecule has 8 heteroatoms. The highest BCUT2D eigenvalue weighted by atomic mass is 19.1. The van der Waals surface area contributed by atoms with E-state index in [9.17, 15) is 9.18 Å². The zero-order valence-corrected chi connectivity index (χ0v) is 21.2. The minimum Gasteiger partial charge on any atom is -0.444 e. The number of halogens is 1. The number of nitrogens with one attached hydrogen (secondary N) is 1.